The summed E-state index contributed by atoms with van der Waals surface area (Å²) >= 11 is 5.93. The average molecular weight is 344 g/mol. The second kappa shape index (κ2) is 7.58. The Balaban J connectivity index is 1.49. The van der Waals surface area contributed by atoms with E-state index >= 15 is 0 Å². The highest BCUT2D eigenvalue weighted by Gasteiger charge is 2.30. The Kier molecular flexibility index (Phi) is 5.26. The van der Waals surface area contributed by atoms with Crippen LogP contribution in [0.2, 0.25) is 5.02 Å². The van der Waals surface area contributed by atoms with E-state index in [4.69, 9.17) is 22.1 Å². The Bertz CT molecular complexity index is 709. The maximum Gasteiger partial charge on any atom is 0.189 e. The maximum absolute atomic E-state index is 6.01. The first-order chi connectivity index (χ1) is 11.7. The van der Waals surface area contributed by atoms with Crippen LogP contribution in [0, 0.1) is 0 Å². The molecule has 0 bridgehead atoms. The van der Waals surface area contributed by atoms with Crippen molar-refractivity contribution in [1.29, 1.82) is 0 Å². The van der Waals surface area contributed by atoms with E-state index < -0.39 is 0 Å². The van der Waals surface area contributed by atoms with Crippen molar-refractivity contribution in [3.8, 4) is 5.75 Å². The van der Waals surface area contributed by atoms with Gasteiger partial charge in [0.05, 0.1) is 13.7 Å². The number of aliphatic imine (C=N–C) groups is 1. The van der Waals surface area contributed by atoms with Gasteiger partial charge in [0, 0.05) is 16.6 Å². The molecule has 2 aromatic rings. The first kappa shape index (κ1) is 16.7. The number of guanidine groups is 1. The van der Waals surface area contributed by atoms with Crippen molar-refractivity contribution in [2.45, 2.75) is 31.3 Å². The van der Waals surface area contributed by atoms with E-state index in [0.717, 1.165) is 29.2 Å². The molecule has 3 rings (SSSR count). The molecule has 0 atom stereocenters. The highest BCUT2D eigenvalue weighted by Crippen LogP contribution is 2.37. The van der Waals surface area contributed by atoms with Crippen molar-refractivity contribution in [2.75, 3.05) is 7.11 Å². The van der Waals surface area contributed by atoms with Crippen molar-refractivity contribution in [1.82, 2.24) is 5.32 Å². The van der Waals surface area contributed by atoms with Crippen molar-refractivity contribution < 1.29 is 4.74 Å². The third-order valence-electron chi connectivity index (χ3n) is 4.44. The molecule has 0 heterocycles. The predicted molar refractivity (Wildman–Crippen MR) is 98.7 cm³/mol. The van der Waals surface area contributed by atoms with E-state index in [1.165, 1.54) is 5.56 Å². The lowest BCUT2D eigenvalue weighted by Gasteiger charge is -2.36. The summed E-state index contributed by atoms with van der Waals surface area (Å²) in [5.41, 5.74) is 8.37. The van der Waals surface area contributed by atoms with Crippen LogP contribution in [0.25, 0.3) is 0 Å². The SMILES string of the molecule is COc1ccccc1CN=C(N)NC1CC(c2ccc(Cl)cc2)C1. The van der Waals surface area contributed by atoms with Gasteiger partial charge in [-0.15, -0.1) is 0 Å². The minimum absolute atomic E-state index is 0.382. The van der Waals surface area contributed by atoms with Gasteiger partial charge in [-0.1, -0.05) is 41.9 Å². The van der Waals surface area contributed by atoms with E-state index in [9.17, 15) is 0 Å². The quantitative estimate of drug-likeness (QED) is 0.643. The molecule has 0 aromatic heterocycles. The highest BCUT2D eigenvalue weighted by molar-refractivity contribution is 6.30. The van der Waals surface area contributed by atoms with Crippen LogP contribution in [0.5, 0.6) is 5.75 Å². The monoisotopic (exact) mass is 343 g/mol. The number of hydrogen-bond acceptors (Lipinski definition) is 2. The van der Waals surface area contributed by atoms with Gasteiger partial charge in [0.2, 0.25) is 0 Å². The van der Waals surface area contributed by atoms with E-state index in [2.05, 4.69) is 22.4 Å². The molecule has 0 aliphatic heterocycles. The second-order valence-corrected chi connectivity index (χ2v) is 6.51. The van der Waals surface area contributed by atoms with E-state index in [1.807, 2.05) is 36.4 Å². The summed E-state index contributed by atoms with van der Waals surface area (Å²) in [4.78, 5) is 4.42. The Hall–Kier alpha value is -2.20. The van der Waals surface area contributed by atoms with E-state index in [-0.39, 0.29) is 0 Å². The van der Waals surface area contributed by atoms with Crippen LogP contribution in [-0.4, -0.2) is 19.1 Å². The standard InChI is InChI=1S/C19H22ClN3O/c1-24-18-5-3-2-4-14(18)12-22-19(21)23-17-10-15(11-17)13-6-8-16(20)9-7-13/h2-9,15,17H,10-12H2,1H3,(H3,21,22,23). The zero-order valence-corrected chi connectivity index (χ0v) is 14.5. The van der Waals surface area contributed by atoms with Gasteiger partial charge >= 0.3 is 0 Å². The molecule has 126 valence electrons. The van der Waals surface area contributed by atoms with Gasteiger partial charge in [-0.05, 0) is 42.5 Å². The smallest absolute Gasteiger partial charge is 0.189 e. The Morgan fingerprint density at radius 2 is 1.92 bits per heavy atom. The molecule has 24 heavy (non-hydrogen) atoms. The summed E-state index contributed by atoms with van der Waals surface area (Å²) in [5, 5.41) is 4.07. The van der Waals surface area contributed by atoms with Crippen molar-refractivity contribution in [2.24, 2.45) is 10.7 Å². The lowest BCUT2D eigenvalue weighted by Crippen LogP contribution is -2.46. The normalized spacial score (nSPS) is 20.3. The van der Waals surface area contributed by atoms with Crippen LogP contribution >= 0.6 is 11.6 Å². The fourth-order valence-electron chi connectivity index (χ4n) is 3.00. The second-order valence-electron chi connectivity index (χ2n) is 6.07. The summed E-state index contributed by atoms with van der Waals surface area (Å²) in [6.45, 7) is 0.510. The molecule has 0 spiro atoms. The van der Waals surface area contributed by atoms with Crippen molar-refractivity contribution >= 4 is 17.6 Å². The summed E-state index contributed by atoms with van der Waals surface area (Å²) < 4.78 is 5.32. The molecule has 5 heteroatoms. The number of nitrogens with two attached hydrogens (primary N) is 1. The highest BCUT2D eigenvalue weighted by atomic mass is 35.5. The lowest BCUT2D eigenvalue weighted by molar-refractivity contribution is 0.323. The van der Waals surface area contributed by atoms with Gasteiger partial charge in [-0.2, -0.15) is 0 Å². The Morgan fingerprint density at radius 3 is 2.62 bits per heavy atom. The molecule has 1 fully saturated rings. The molecule has 2 aromatic carbocycles. The summed E-state index contributed by atoms with van der Waals surface area (Å²) in [6.07, 6.45) is 2.12. The molecule has 3 N–H and O–H groups in total. The first-order valence-electron chi connectivity index (χ1n) is 8.09. The van der Waals surface area contributed by atoms with Gasteiger partial charge in [-0.3, -0.25) is 0 Å². The zero-order chi connectivity index (χ0) is 16.9. The van der Waals surface area contributed by atoms with Crippen LogP contribution in [0.3, 0.4) is 0 Å². The largest absolute Gasteiger partial charge is 0.496 e. The third-order valence-corrected chi connectivity index (χ3v) is 4.70. The van der Waals surface area contributed by atoms with E-state index in [1.54, 1.807) is 7.11 Å². The third kappa shape index (κ3) is 4.01. The topological polar surface area (TPSA) is 59.6 Å². The predicted octanol–water partition coefficient (Wildman–Crippen LogP) is 3.70. The Morgan fingerprint density at radius 1 is 1.21 bits per heavy atom. The molecular formula is C19H22ClN3O. The molecule has 1 aliphatic carbocycles. The minimum atomic E-state index is 0.382. The van der Waals surface area contributed by atoms with Crippen LogP contribution in [0.1, 0.15) is 29.9 Å². The van der Waals surface area contributed by atoms with Gasteiger partial charge in [0.25, 0.3) is 0 Å². The molecule has 0 amide bonds. The lowest BCUT2D eigenvalue weighted by atomic mass is 9.76. The minimum Gasteiger partial charge on any atom is -0.496 e. The summed E-state index contributed by atoms with van der Waals surface area (Å²) in [5.74, 6) is 1.89. The zero-order valence-electron chi connectivity index (χ0n) is 13.7. The molecule has 4 nitrogen and oxygen atoms in total. The molecule has 0 radical (unpaired) electrons. The number of nitrogens with zero attached hydrogens (tertiary/aromatic N) is 1. The summed E-state index contributed by atoms with van der Waals surface area (Å²) in [6, 6.07) is 16.3. The fourth-order valence-corrected chi connectivity index (χ4v) is 3.13. The number of halogens is 1. The summed E-state index contributed by atoms with van der Waals surface area (Å²) in [7, 11) is 1.66. The number of para-hydroxylation sites is 1. The Labute approximate surface area is 147 Å². The van der Waals surface area contributed by atoms with Crippen molar-refractivity contribution in [3.63, 3.8) is 0 Å². The molecular weight excluding hydrogens is 322 g/mol. The van der Waals surface area contributed by atoms with Crippen LogP contribution in [0.4, 0.5) is 0 Å². The number of ether oxygens (including phenoxy) is 1. The van der Waals surface area contributed by atoms with Gasteiger partial charge in [0.15, 0.2) is 5.96 Å². The molecule has 0 unspecified atom stereocenters. The molecule has 0 saturated heterocycles. The van der Waals surface area contributed by atoms with Crippen molar-refractivity contribution in [3.05, 3.63) is 64.7 Å². The number of benzene rings is 2. The number of hydrogen-bond donors (Lipinski definition) is 2. The average Bonchev–Trinajstić information content (AvgIpc) is 2.57. The number of methoxy groups -OCH3 is 1. The van der Waals surface area contributed by atoms with E-state index in [0.29, 0.717) is 24.5 Å². The van der Waals surface area contributed by atoms with Crippen LogP contribution in [-0.2, 0) is 6.54 Å². The number of rotatable bonds is 5. The van der Waals surface area contributed by atoms with Gasteiger partial charge in [-0.25, -0.2) is 4.99 Å². The van der Waals surface area contributed by atoms with Crippen LogP contribution < -0.4 is 15.8 Å². The number of nitrogens with one attached hydrogen (secondary N) is 1. The van der Waals surface area contributed by atoms with Crippen LogP contribution in [0.15, 0.2) is 53.5 Å². The first-order valence-corrected chi connectivity index (χ1v) is 8.47. The molecule has 1 aliphatic rings. The van der Waals surface area contributed by atoms with Gasteiger partial charge in [0.1, 0.15) is 5.75 Å². The fraction of sp³-hybridized carbons (Fsp3) is 0.316. The molecule has 1 saturated carbocycles. The maximum atomic E-state index is 6.01. The van der Waals surface area contributed by atoms with Gasteiger partial charge < -0.3 is 15.8 Å².